The van der Waals surface area contributed by atoms with Crippen LogP contribution < -0.4 is 15.0 Å². The van der Waals surface area contributed by atoms with Gasteiger partial charge in [-0.05, 0) is 59.2 Å². The van der Waals surface area contributed by atoms with Crippen molar-refractivity contribution in [1.29, 1.82) is 0 Å². The number of para-hydroxylation sites is 2. The summed E-state index contributed by atoms with van der Waals surface area (Å²) in [6.07, 6.45) is 2.53. The van der Waals surface area contributed by atoms with E-state index in [1.807, 2.05) is 126 Å². The van der Waals surface area contributed by atoms with Crippen LogP contribution in [-0.4, -0.2) is 103 Å². The van der Waals surface area contributed by atoms with Gasteiger partial charge in [-0.1, -0.05) is 108 Å². The minimum atomic E-state index is -1.76. The van der Waals surface area contributed by atoms with E-state index < -0.39 is 47.4 Å². The molecule has 334 valence electrons. The Hall–Kier alpha value is -7.93. The van der Waals surface area contributed by atoms with Crippen LogP contribution >= 0.6 is 0 Å². The maximum atomic E-state index is 16.0. The Morgan fingerprint density at radius 1 is 0.821 bits per heavy atom. The Balaban J connectivity index is 1.12. The number of rotatable bonds is 9. The molecule has 11 rings (SSSR count). The third kappa shape index (κ3) is 7.13. The fraction of sp³-hybridized carbons (Fsp3) is 0.250. The van der Waals surface area contributed by atoms with E-state index in [9.17, 15) is 5.11 Å². The lowest BCUT2D eigenvalue weighted by atomic mass is 9.64. The van der Waals surface area contributed by atoms with E-state index in [4.69, 9.17) is 9.47 Å². The smallest absolute Gasteiger partial charge is 0.324 e. The van der Waals surface area contributed by atoms with Gasteiger partial charge in [-0.25, -0.2) is 14.6 Å². The Morgan fingerprint density at radius 2 is 1.54 bits per heavy atom. The number of ether oxygens (including phenoxy) is 2. The first-order valence-electron chi connectivity index (χ1n) is 22.4. The summed E-state index contributed by atoms with van der Waals surface area (Å²) in [6.45, 7) is 1.40. The molecule has 0 radical (unpaired) electrons. The molecule has 5 aromatic carbocycles. The van der Waals surface area contributed by atoms with Gasteiger partial charge in [0, 0.05) is 55.4 Å². The predicted molar refractivity (Wildman–Crippen MR) is 247 cm³/mol. The van der Waals surface area contributed by atoms with Crippen molar-refractivity contribution in [3.63, 3.8) is 0 Å². The lowest BCUT2D eigenvalue weighted by molar-refractivity contribution is -0.179. The Morgan fingerprint density at radius 3 is 2.31 bits per heavy atom. The third-order valence-corrected chi connectivity index (χ3v) is 13.4. The second-order valence-corrected chi connectivity index (χ2v) is 17.0. The Bertz CT molecular complexity index is 3040. The molecule has 6 atom stereocenters. The maximum absolute atomic E-state index is 16.0. The molecule has 15 heteroatoms. The van der Waals surface area contributed by atoms with Crippen LogP contribution in [0, 0.1) is 17.8 Å². The number of anilines is 2. The van der Waals surface area contributed by atoms with Crippen LogP contribution in [-0.2, 0) is 31.1 Å². The van der Waals surface area contributed by atoms with Crippen LogP contribution in [0.3, 0.4) is 0 Å². The van der Waals surface area contributed by atoms with Crippen LogP contribution in [0.5, 0.6) is 5.75 Å². The van der Waals surface area contributed by atoms with E-state index >= 15 is 14.4 Å². The second kappa shape index (κ2) is 17.5. The van der Waals surface area contributed by atoms with Crippen molar-refractivity contribution in [2.24, 2.45) is 5.92 Å². The number of amides is 2. The van der Waals surface area contributed by atoms with Crippen molar-refractivity contribution in [3.05, 3.63) is 174 Å². The van der Waals surface area contributed by atoms with Crippen molar-refractivity contribution in [2.45, 2.75) is 36.2 Å². The number of aliphatic hydroxyl groups is 1. The molecule has 2 aromatic heterocycles. The molecule has 0 bridgehead atoms. The number of hydrogen-bond donors (Lipinski definition) is 2. The SMILES string of the molecule is O=C1O[C@H](c2ccccc2)[C@H](c2ccccc2)N2[C@H]1[C@@H](C(=O)N1CCN(c3ncccn3)CC1)[C@]1(C(=O)Nc3ccc(C#CCn4nnc5ccccc54)cc31)[C@H]2c1ccccc1OCCO. The highest BCUT2D eigenvalue weighted by Gasteiger charge is 2.74. The fourth-order valence-corrected chi connectivity index (χ4v) is 10.6. The number of nitrogens with zero attached hydrogens (tertiary/aromatic N) is 8. The van der Waals surface area contributed by atoms with Crippen LogP contribution in [0.15, 0.2) is 146 Å². The minimum absolute atomic E-state index is 0.0295. The van der Waals surface area contributed by atoms with E-state index in [0.29, 0.717) is 47.2 Å². The van der Waals surface area contributed by atoms with Crippen molar-refractivity contribution >= 4 is 40.5 Å². The number of aliphatic hydroxyl groups excluding tert-OH is 1. The largest absolute Gasteiger partial charge is 0.491 e. The van der Waals surface area contributed by atoms with E-state index in [2.05, 4.69) is 42.3 Å². The first-order valence-corrected chi connectivity index (χ1v) is 22.4. The number of cyclic esters (lactones) is 1. The van der Waals surface area contributed by atoms with Crippen molar-refractivity contribution in [3.8, 4) is 17.6 Å². The molecule has 0 aliphatic carbocycles. The summed E-state index contributed by atoms with van der Waals surface area (Å²) in [7, 11) is 0. The topological polar surface area (TPSA) is 168 Å². The summed E-state index contributed by atoms with van der Waals surface area (Å²) in [6, 6.07) is 38.7. The Kier molecular flexibility index (Phi) is 10.9. The van der Waals surface area contributed by atoms with E-state index in [1.54, 1.807) is 34.1 Å². The molecule has 3 saturated heterocycles. The van der Waals surface area contributed by atoms with Crippen molar-refractivity contribution < 1.29 is 29.0 Å². The molecule has 0 saturated carbocycles. The molecule has 7 aromatic rings. The lowest BCUT2D eigenvalue weighted by Crippen LogP contribution is -2.58. The van der Waals surface area contributed by atoms with Crippen LogP contribution in [0.1, 0.15) is 46.0 Å². The standard InChI is InChI=1S/C52H45N9O6/c62-31-32-66-42-21-10-7-18-37(42)47-52(38-33-34(22-23-39(38)55-50(52)65)13-11-26-60-41-20-9-8-19-40(41)56-57-60)43(48(63)58-27-29-59(30-28-58)51-53-24-12-25-54-51)45-49(64)67-46(36-16-5-2-6-17-36)44(61(45)47)35-14-3-1-4-15-35/h1-10,12,14-25,33,43-47,62H,26-32H2,(H,55,65)/t43-,44-,45-,46+,47+,52-/m0/s1. The molecule has 2 amide bonds. The maximum Gasteiger partial charge on any atom is 0.324 e. The number of carbonyl (C=O) groups is 3. The summed E-state index contributed by atoms with van der Waals surface area (Å²) in [5, 5.41) is 21.8. The summed E-state index contributed by atoms with van der Waals surface area (Å²) in [4.78, 5) is 62.0. The third-order valence-electron chi connectivity index (χ3n) is 13.4. The quantitative estimate of drug-likeness (QED) is 0.143. The number of hydrogen-bond acceptors (Lipinski definition) is 12. The number of aromatic nitrogens is 5. The number of morpholine rings is 1. The van der Waals surface area contributed by atoms with Gasteiger partial charge in [0.2, 0.25) is 17.8 Å². The average molecular weight is 892 g/mol. The van der Waals surface area contributed by atoms with Gasteiger partial charge in [-0.2, -0.15) is 0 Å². The first kappa shape index (κ1) is 41.8. The number of esters is 1. The van der Waals surface area contributed by atoms with Crippen LogP contribution in [0.25, 0.3) is 11.0 Å². The van der Waals surface area contributed by atoms with Gasteiger partial charge in [-0.3, -0.25) is 19.3 Å². The molecule has 1 spiro atoms. The monoisotopic (exact) mass is 891 g/mol. The van der Waals surface area contributed by atoms with E-state index in [1.165, 1.54) is 0 Å². The first-order chi connectivity index (χ1) is 32.9. The number of benzene rings is 5. The molecule has 4 aliphatic heterocycles. The van der Waals surface area contributed by atoms with Gasteiger partial charge < -0.3 is 29.7 Å². The highest BCUT2D eigenvalue weighted by Crippen LogP contribution is 2.66. The van der Waals surface area contributed by atoms with Crippen molar-refractivity contribution in [1.82, 2.24) is 34.8 Å². The summed E-state index contributed by atoms with van der Waals surface area (Å²) in [5.74, 6) is 4.80. The predicted octanol–water partition coefficient (Wildman–Crippen LogP) is 5.26. The zero-order valence-electron chi connectivity index (χ0n) is 36.3. The van der Waals surface area contributed by atoms with Gasteiger partial charge >= 0.3 is 5.97 Å². The number of nitrogens with one attached hydrogen (secondary N) is 1. The molecule has 2 N–H and O–H groups in total. The second-order valence-electron chi connectivity index (χ2n) is 17.0. The van der Waals surface area contributed by atoms with Crippen LogP contribution in [0.2, 0.25) is 0 Å². The van der Waals surface area contributed by atoms with Gasteiger partial charge in [0.25, 0.3) is 0 Å². The van der Waals surface area contributed by atoms with E-state index in [-0.39, 0.29) is 38.8 Å². The molecular weight excluding hydrogens is 847 g/mol. The van der Waals surface area contributed by atoms with Crippen LogP contribution in [0.4, 0.5) is 11.6 Å². The average Bonchev–Trinajstić information content (AvgIpc) is 4.03. The van der Waals surface area contributed by atoms with E-state index in [0.717, 1.165) is 22.2 Å². The summed E-state index contributed by atoms with van der Waals surface area (Å²) in [5.41, 5.74) is 3.62. The number of carbonyl (C=O) groups excluding carboxylic acids is 3. The van der Waals surface area contributed by atoms with Gasteiger partial charge in [0.15, 0.2) is 0 Å². The number of fused-ring (bicyclic) bond motifs is 4. The fourth-order valence-electron chi connectivity index (χ4n) is 10.6. The molecule has 67 heavy (non-hydrogen) atoms. The molecule has 0 unspecified atom stereocenters. The zero-order chi connectivity index (χ0) is 45.5. The highest BCUT2D eigenvalue weighted by molar-refractivity contribution is 6.12. The summed E-state index contributed by atoms with van der Waals surface area (Å²) >= 11 is 0. The molecule has 3 fully saturated rings. The van der Waals surface area contributed by atoms with Gasteiger partial charge in [-0.15, -0.1) is 5.10 Å². The van der Waals surface area contributed by atoms with Gasteiger partial charge in [0.05, 0.1) is 30.1 Å². The van der Waals surface area contributed by atoms with Crippen molar-refractivity contribution in [2.75, 3.05) is 49.6 Å². The lowest BCUT2D eigenvalue weighted by Gasteiger charge is -2.46. The zero-order valence-corrected chi connectivity index (χ0v) is 36.3. The molecular formula is C52H45N9O6. The molecule has 6 heterocycles. The molecule has 15 nitrogen and oxygen atoms in total. The minimum Gasteiger partial charge on any atom is -0.491 e. The highest BCUT2D eigenvalue weighted by atomic mass is 16.6. The van der Waals surface area contributed by atoms with Gasteiger partial charge in [0.1, 0.15) is 42.0 Å². The normalized spacial score (nSPS) is 23.3. The summed E-state index contributed by atoms with van der Waals surface area (Å²) < 4.78 is 14.7. The Labute approximate surface area is 386 Å². The molecule has 4 aliphatic rings. The number of piperazine rings is 1.